The lowest BCUT2D eigenvalue weighted by Crippen LogP contribution is -2.52. The Morgan fingerprint density at radius 1 is 0.897 bits per heavy atom. The maximum absolute atomic E-state index is 12.7. The molecule has 2 atom stereocenters. The first kappa shape index (κ1) is 21.9. The molecule has 154 valence electrons. The van der Waals surface area contributed by atoms with Crippen LogP contribution in [-0.2, 0) is 27.4 Å². The van der Waals surface area contributed by atoms with Crippen LogP contribution in [0.25, 0.3) is 0 Å². The highest BCUT2D eigenvalue weighted by Crippen LogP contribution is 2.07. The van der Waals surface area contributed by atoms with Gasteiger partial charge in [-0.05, 0) is 17.5 Å². The summed E-state index contributed by atoms with van der Waals surface area (Å²) in [7, 11) is 0. The molecule has 0 fully saturated rings. The standard InChI is InChI=1S/C22H26N2O5/c1-2-9-18(21(26)27)23-20(25)19(14-16-10-5-3-6-11-16)24-22(28)29-15-17-12-7-4-8-13-17/h3-8,10-13,18-19H,2,9,14-15H2,1H3,(H,23,25)(H,24,28)(H,26,27). The van der Waals surface area contributed by atoms with Crippen LogP contribution in [0.3, 0.4) is 0 Å². The second kappa shape index (κ2) is 11.5. The molecule has 0 saturated carbocycles. The number of alkyl carbamates (subject to hydrolysis) is 1. The molecule has 0 aromatic heterocycles. The highest BCUT2D eigenvalue weighted by Gasteiger charge is 2.26. The molecule has 0 aliphatic carbocycles. The zero-order valence-electron chi connectivity index (χ0n) is 16.3. The molecule has 2 rings (SSSR count). The molecular weight excluding hydrogens is 372 g/mol. The highest BCUT2D eigenvalue weighted by molar-refractivity contribution is 5.89. The van der Waals surface area contributed by atoms with Gasteiger partial charge in [0.2, 0.25) is 5.91 Å². The Bertz CT molecular complexity index is 795. The van der Waals surface area contributed by atoms with Crippen LogP contribution in [-0.4, -0.2) is 35.2 Å². The van der Waals surface area contributed by atoms with Crippen LogP contribution in [0.5, 0.6) is 0 Å². The lowest BCUT2D eigenvalue weighted by Gasteiger charge is -2.21. The fourth-order valence-corrected chi connectivity index (χ4v) is 2.78. The number of amides is 2. The van der Waals surface area contributed by atoms with Gasteiger partial charge in [0.05, 0.1) is 0 Å². The van der Waals surface area contributed by atoms with Gasteiger partial charge in [0, 0.05) is 6.42 Å². The first-order chi connectivity index (χ1) is 14.0. The van der Waals surface area contributed by atoms with Crippen molar-refractivity contribution in [2.24, 2.45) is 0 Å². The first-order valence-corrected chi connectivity index (χ1v) is 9.54. The number of carboxylic acids is 1. The minimum atomic E-state index is -1.11. The third-order valence-electron chi connectivity index (χ3n) is 4.30. The Balaban J connectivity index is 2.04. The van der Waals surface area contributed by atoms with Crippen molar-refractivity contribution in [3.63, 3.8) is 0 Å². The molecule has 0 aliphatic heterocycles. The van der Waals surface area contributed by atoms with Crippen molar-refractivity contribution < 1.29 is 24.2 Å². The molecule has 0 spiro atoms. The lowest BCUT2D eigenvalue weighted by molar-refractivity contribution is -0.142. The monoisotopic (exact) mass is 398 g/mol. The molecule has 2 amide bonds. The number of ether oxygens (including phenoxy) is 1. The minimum absolute atomic E-state index is 0.0694. The van der Waals surface area contributed by atoms with Gasteiger partial charge in [0.15, 0.2) is 0 Å². The van der Waals surface area contributed by atoms with E-state index in [0.717, 1.165) is 11.1 Å². The topological polar surface area (TPSA) is 105 Å². The van der Waals surface area contributed by atoms with Crippen LogP contribution in [0.15, 0.2) is 60.7 Å². The maximum Gasteiger partial charge on any atom is 0.408 e. The quantitative estimate of drug-likeness (QED) is 0.571. The molecule has 2 aromatic rings. The molecule has 3 N–H and O–H groups in total. The zero-order chi connectivity index (χ0) is 21.1. The van der Waals surface area contributed by atoms with Crippen LogP contribution in [0.4, 0.5) is 4.79 Å². The van der Waals surface area contributed by atoms with E-state index in [1.54, 1.807) is 0 Å². The number of nitrogens with one attached hydrogen (secondary N) is 2. The SMILES string of the molecule is CCCC(NC(=O)C(Cc1ccccc1)NC(=O)OCc1ccccc1)C(=O)O. The van der Waals surface area contributed by atoms with Crippen molar-refractivity contribution in [1.29, 1.82) is 0 Å². The van der Waals surface area contributed by atoms with E-state index in [1.165, 1.54) is 0 Å². The van der Waals surface area contributed by atoms with Gasteiger partial charge in [-0.25, -0.2) is 9.59 Å². The Hall–Kier alpha value is -3.35. The molecule has 0 bridgehead atoms. The molecule has 0 aliphatic rings. The second-order valence-electron chi connectivity index (χ2n) is 6.64. The van der Waals surface area contributed by atoms with E-state index in [1.807, 2.05) is 67.6 Å². The van der Waals surface area contributed by atoms with Crippen molar-refractivity contribution in [2.45, 2.75) is 44.9 Å². The minimum Gasteiger partial charge on any atom is -0.480 e. The highest BCUT2D eigenvalue weighted by atomic mass is 16.5. The number of rotatable bonds is 10. The van der Waals surface area contributed by atoms with Crippen LogP contribution in [0.1, 0.15) is 30.9 Å². The van der Waals surface area contributed by atoms with Crippen LogP contribution in [0.2, 0.25) is 0 Å². The van der Waals surface area contributed by atoms with Crippen molar-refractivity contribution in [1.82, 2.24) is 10.6 Å². The fraction of sp³-hybridized carbons (Fsp3) is 0.318. The number of aliphatic carboxylic acids is 1. The Morgan fingerprint density at radius 3 is 2.03 bits per heavy atom. The number of carbonyl (C=O) groups is 3. The average molecular weight is 398 g/mol. The Kier molecular flexibility index (Phi) is 8.69. The molecule has 7 heteroatoms. The number of benzene rings is 2. The van der Waals surface area contributed by atoms with Gasteiger partial charge >= 0.3 is 12.1 Å². The number of hydrogen-bond donors (Lipinski definition) is 3. The van der Waals surface area contributed by atoms with Crippen molar-refractivity contribution in [3.05, 3.63) is 71.8 Å². The molecule has 0 heterocycles. The van der Waals surface area contributed by atoms with Gasteiger partial charge in [0.25, 0.3) is 0 Å². The van der Waals surface area contributed by atoms with E-state index in [0.29, 0.717) is 12.8 Å². The third-order valence-corrected chi connectivity index (χ3v) is 4.30. The molecule has 29 heavy (non-hydrogen) atoms. The maximum atomic E-state index is 12.7. The Morgan fingerprint density at radius 2 is 1.48 bits per heavy atom. The van der Waals surface area contributed by atoms with Crippen molar-refractivity contribution in [3.8, 4) is 0 Å². The van der Waals surface area contributed by atoms with Crippen molar-refractivity contribution in [2.75, 3.05) is 0 Å². The normalized spacial score (nSPS) is 12.4. The van der Waals surface area contributed by atoms with E-state index < -0.39 is 30.1 Å². The molecular formula is C22H26N2O5. The third kappa shape index (κ3) is 7.65. The van der Waals surface area contributed by atoms with E-state index in [2.05, 4.69) is 10.6 Å². The summed E-state index contributed by atoms with van der Waals surface area (Å²) in [5.41, 5.74) is 1.65. The van der Waals surface area contributed by atoms with Gasteiger partial charge < -0.3 is 20.5 Å². The fourth-order valence-electron chi connectivity index (χ4n) is 2.78. The number of carbonyl (C=O) groups excluding carboxylic acids is 2. The number of hydrogen-bond acceptors (Lipinski definition) is 4. The molecule has 0 radical (unpaired) electrons. The summed E-state index contributed by atoms with van der Waals surface area (Å²) in [6, 6.07) is 16.4. The second-order valence-corrected chi connectivity index (χ2v) is 6.64. The average Bonchev–Trinajstić information content (AvgIpc) is 2.73. The van der Waals surface area contributed by atoms with Crippen LogP contribution < -0.4 is 10.6 Å². The van der Waals surface area contributed by atoms with Crippen LogP contribution >= 0.6 is 0 Å². The first-order valence-electron chi connectivity index (χ1n) is 9.54. The summed E-state index contributed by atoms with van der Waals surface area (Å²) in [6.07, 6.45) is 0.378. The van der Waals surface area contributed by atoms with E-state index in [4.69, 9.17) is 4.74 Å². The molecule has 2 aromatic carbocycles. The number of carboxylic acid groups (broad SMARTS) is 1. The Labute approximate surface area is 170 Å². The summed E-state index contributed by atoms with van der Waals surface area (Å²) in [5.74, 6) is -1.67. The predicted octanol–water partition coefficient (Wildman–Crippen LogP) is 2.89. The van der Waals surface area contributed by atoms with Gasteiger partial charge in [-0.2, -0.15) is 0 Å². The molecule has 2 unspecified atom stereocenters. The lowest BCUT2D eigenvalue weighted by atomic mass is 10.0. The summed E-state index contributed by atoms with van der Waals surface area (Å²) >= 11 is 0. The summed E-state index contributed by atoms with van der Waals surface area (Å²) < 4.78 is 5.20. The summed E-state index contributed by atoms with van der Waals surface area (Å²) in [4.78, 5) is 36.3. The van der Waals surface area contributed by atoms with Crippen molar-refractivity contribution >= 4 is 18.0 Å². The van der Waals surface area contributed by atoms with E-state index in [-0.39, 0.29) is 13.0 Å². The predicted molar refractivity (Wildman–Crippen MR) is 108 cm³/mol. The summed E-state index contributed by atoms with van der Waals surface area (Å²) in [6.45, 7) is 1.91. The van der Waals surface area contributed by atoms with E-state index in [9.17, 15) is 19.5 Å². The zero-order valence-corrected chi connectivity index (χ0v) is 16.3. The summed E-state index contributed by atoms with van der Waals surface area (Å²) in [5, 5.41) is 14.4. The largest absolute Gasteiger partial charge is 0.480 e. The van der Waals surface area contributed by atoms with Gasteiger partial charge in [-0.15, -0.1) is 0 Å². The van der Waals surface area contributed by atoms with Gasteiger partial charge in [-0.1, -0.05) is 74.0 Å². The van der Waals surface area contributed by atoms with E-state index >= 15 is 0 Å². The van der Waals surface area contributed by atoms with Crippen LogP contribution in [0, 0.1) is 0 Å². The van der Waals surface area contributed by atoms with Gasteiger partial charge in [0.1, 0.15) is 18.7 Å². The molecule has 7 nitrogen and oxygen atoms in total. The van der Waals surface area contributed by atoms with Gasteiger partial charge in [-0.3, -0.25) is 4.79 Å². The molecule has 0 saturated heterocycles. The smallest absolute Gasteiger partial charge is 0.408 e.